The Labute approximate surface area is 169 Å². The minimum Gasteiger partial charge on any atom is -0.308 e. The standard InChI is InChI=1S/C17H12Cl4N4O/c18-11-3-5-13(6-4-11)22-17(26)23-16-15(21)9-25(24-16)8-10-1-2-12(19)7-14(10)20/h1-7,9H,8H2,(H2,22,23,24,26). The second kappa shape index (κ2) is 8.18. The van der Waals surface area contributed by atoms with Crippen molar-refractivity contribution in [2.75, 3.05) is 10.6 Å². The van der Waals surface area contributed by atoms with Gasteiger partial charge in [0, 0.05) is 27.0 Å². The van der Waals surface area contributed by atoms with Gasteiger partial charge < -0.3 is 5.32 Å². The number of hydrogen-bond acceptors (Lipinski definition) is 2. The highest BCUT2D eigenvalue weighted by molar-refractivity contribution is 6.35. The molecule has 0 aliphatic heterocycles. The van der Waals surface area contributed by atoms with Crippen molar-refractivity contribution in [1.82, 2.24) is 9.78 Å². The third kappa shape index (κ3) is 4.83. The molecule has 0 spiro atoms. The molecule has 1 heterocycles. The van der Waals surface area contributed by atoms with Crippen LogP contribution in [0.15, 0.2) is 48.7 Å². The van der Waals surface area contributed by atoms with Crippen LogP contribution in [0.2, 0.25) is 20.1 Å². The van der Waals surface area contributed by atoms with Crippen LogP contribution in [0, 0.1) is 0 Å². The van der Waals surface area contributed by atoms with E-state index >= 15 is 0 Å². The van der Waals surface area contributed by atoms with E-state index in [0.717, 1.165) is 5.56 Å². The average molecular weight is 430 g/mol. The normalized spacial score (nSPS) is 10.6. The molecule has 0 fully saturated rings. The topological polar surface area (TPSA) is 59.0 Å². The maximum atomic E-state index is 12.1. The maximum absolute atomic E-state index is 12.1. The van der Waals surface area contributed by atoms with Crippen molar-refractivity contribution in [2.24, 2.45) is 0 Å². The Balaban J connectivity index is 1.67. The van der Waals surface area contributed by atoms with Crippen LogP contribution in [0.4, 0.5) is 16.3 Å². The quantitative estimate of drug-likeness (QED) is 0.519. The van der Waals surface area contributed by atoms with Gasteiger partial charge in [0.05, 0.1) is 6.54 Å². The Bertz CT molecular complexity index is 940. The van der Waals surface area contributed by atoms with Gasteiger partial charge in [-0.15, -0.1) is 0 Å². The maximum Gasteiger partial charge on any atom is 0.324 e. The molecule has 5 nitrogen and oxygen atoms in total. The highest BCUT2D eigenvalue weighted by atomic mass is 35.5. The van der Waals surface area contributed by atoms with Crippen molar-refractivity contribution in [3.63, 3.8) is 0 Å². The first-order valence-electron chi connectivity index (χ1n) is 7.41. The highest BCUT2D eigenvalue weighted by Gasteiger charge is 2.12. The summed E-state index contributed by atoms with van der Waals surface area (Å²) in [5, 5.41) is 11.5. The molecule has 0 saturated carbocycles. The van der Waals surface area contributed by atoms with Gasteiger partial charge in [0.1, 0.15) is 5.02 Å². The van der Waals surface area contributed by atoms with E-state index in [1.165, 1.54) is 0 Å². The summed E-state index contributed by atoms with van der Waals surface area (Å²) in [6, 6.07) is 11.5. The van der Waals surface area contributed by atoms with Crippen molar-refractivity contribution < 1.29 is 4.79 Å². The zero-order chi connectivity index (χ0) is 18.7. The molecule has 134 valence electrons. The van der Waals surface area contributed by atoms with Gasteiger partial charge in [-0.2, -0.15) is 5.10 Å². The molecule has 0 unspecified atom stereocenters. The van der Waals surface area contributed by atoms with E-state index in [-0.39, 0.29) is 5.82 Å². The molecule has 3 rings (SSSR count). The molecule has 0 bridgehead atoms. The van der Waals surface area contributed by atoms with E-state index in [1.807, 2.05) is 0 Å². The summed E-state index contributed by atoms with van der Waals surface area (Å²) in [5.41, 5.74) is 1.42. The zero-order valence-corrected chi connectivity index (χ0v) is 16.2. The summed E-state index contributed by atoms with van der Waals surface area (Å²) < 4.78 is 1.58. The number of hydrogen-bond donors (Lipinski definition) is 2. The van der Waals surface area contributed by atoms with Gasteiger partial charge in [0.2, 0.25) is 0 Å². The first-order valence-corrected chi connectivity index (χ1v) is 8.92. The largest absolute Gasteiger partial charge is 0.324 e. The van der Waals surface area contributed by atoms with Gasteiger partial charge in [-0.05, 0) is 42.0 Å². The summed E-state index contributed by atoms with van der Waals surface area (Å²) in [4.78, 5) is 12.1. The summed E-state index contributed by atoms with van der Waals surface area (Å²) in [6.45, 7) is 0.385. The number of nitrogens with one attached hydrogen (secondary N) is 2. The fraction of sp³-hybridized carbons (Fsp3) is 0.0588. The Morgan fingerprint density at radius 1 is 0.923 bits per heavy atom. The van der Waals surface area contributed by atoms with Crippen molar-refractivity contribution in [3.05, 3.63) is 74.3 Å². The van der Waals surface area contributed by atoms with Crippen LogP contribution >= 0.6 is 46.4 Å². The number of urea groups is 1. The van der Waals surface area contributed by atoms with E-state index in [0.29, 0.717) is 32.3 Å². The molecule has 9 heteroatoms. The van der Waals surface area contributed by atoms with Crippen molar-refractivity contribution in [2.45, 2.75) is 6.54 Å². The van der Waals surface area contributed by atoms with Crippen LogP contribution in [-0.2, 0) is 6.54 Å². The highest BCUT2D eigenvalue weighted by Crippen LogP contribution is 2.24. The van der Waals surface area contributed by atoms with Gasteiger partial charge in [-0.3, -0.25) is 10.00 Å². The van der Waals surface area contributed by atoms with Crippen LogP contribution in [0.1, 0.15) is 5.56 Å². The molecule has 0 aliphatic carbocycles. The monoisotopic (exact) mass is 428 g/mol. The average Bonchev–Trinajstić information content (AvgIpc) is 2.92. The number of carbonyl (C=O) groups is 1. The second-order valence-corrected chi connectivity index (χ2v) is 7.03. The van der Waals surface area contributed by atoms with Gasteiger partial charge >= 0.3 is 6.03 Å². The van der Waals surface area contributed by atoms with E-state index < -0.39 is 6.03 Å². The number of carbonyl (C=O) groups excluding carboxylic acids is 1. The molecular weight excluding hydrogens is 418 g/mol. The van der Waals surface area contributed by atoms with Gasteiger partial charge in [0.15, 0.2) is 5.82 Å². The molecule has 26 heavy (non-hydrogen) atoms. The summed E-state index contributed by atoms with van der Waals surface area (Å²) in [6.07, 6.45) is 1.60. The Hall–Kier alpha value is -1.92. The van der Waals surface area contributed by atoms with Gasteiger partial charge in [0.25, 0.3) is 0 Å². The Kier molecular flexibility index (Phi) is 5.94. The molecule has 3 aromatic rings. The Morgan fingerprint density at radius 2 is 1.62 bits per heavy atom. The van der Waals surface area contributed by atoms with Crippen LogP contribution in [0.5, 0.6) is 0 Å². The van der Waals surface area contributed by atoms with E-state index in [4.69, 9.17) is 46.4 Å². The molecular formula is C17H12Cl4N4O. The van der Waals surface area contributed by atoms with Crippen molar-refractivity contribution in [3.8, 4) is 0 Å². The van der Waals surface area contributed by atoms with Crippen LogP contribution in [0.3, 0.4) is 0 Å². The van der Waals surface area contributed by atoms with Crippen LogP contribution in [-0.4, -0.2) is 15.8 Å². The first-order chi connectivity index (χ1) is 12.4. The summed E-state index contributed by atoms with van der Waals surface area (Å²) in [5.74, 6) is 0.239. The van der Waals surface area contributed by atoms with E-state index in [1.54, 1.807) is 53.3 Å². The molecule has 1 aromatic heterocycles. The molecule has 0 saturated heterocycles. The number of aromatic nitrogens is 2. The number of benzene rings is 2. The Morgan fingerprint density at radius 3 is 2.31 bits per heavy atom. The number of rotatable bonds is 4. The van der Waals surface area contributed by atoms with E-state index in [2.05, 4.69) is 15.7 Å². The smallest absolute Gasteiger partial charge is 0.308 e. The number of anilines is 2. The lowest BCUT2D eigenvalue weighted by Gasteiger charge is -2.06. The number of halogens is 4. The first kappa shape index (κ1) is 18.9. The fourth-order valence-electron chi connectivity index (χ4n) is 2.19. The lowest BCUT2D eigenvalue weighted by Crippen LogP contribution is -2.20. The number of nitrogens with zero attached hydrogens (tertiary/aromatic N) is 2. The second-order valence-electron chi connectivity index (χ2n) is 5.34. The van der Waals surface area contributed by atoms with Crippen LogP contribution in [0.25, 0.3) is 0 Å². The predicted molar refractivity (Wildman–Crippen MR) is 107 cm³/mol. The molecule has 0 aliphatic rings. The minimum atomic E-state index is -0.469. The van der Waals surface area contributed by atoms with E-state index in [9.17, 15) is 4.79 Å². The minimum absolute atomic E-state index is 0.239. The van der Waals surface area contributed by atoms with Gasteiger partial charge in [-0.25, -0.2) is 4.79 Å². The van der Waals surface area contributed by atoms with Crippen LogP contribution < -0.4 is 10.6 Å². The number of amides is 2. The third-order valence-corrected chi connectivity index (χ3v) is 4.51. The van der Waals surface area contributed by atoms with Crippen molar-refractivity contribution >= 4 is 63.9 Å². The molecule has 0 radical (unpaired) electrons. The molecule has 2 N–H and O–H groups in total. The lowest BCUT2D eigenvalue weighted by molar-refractivity contribution is 0.262. The zero-order valence-electron chi connectivity index (χ0n) is 13.1. The molecule has 2 amide bonds. The van der Waals surface area contributed by atoms with Crippen molar-refractivity contribution in [1.29, 1.82) is 0 Å². The molecule has 2 aromatic carbocycles. The van der Waals surface area contributed by atoms with Gasteiger partial charge in [-0.1, -0.05) is 52.5 Å². The predicted octanol–water partition coefficient (Wildman–Crippen LogP) is 6.19. The SMILES string of the molecule is O=C(Nc1ccc(Cl)cc1)Nc1nn(Cc2ccc(Cl)cc2Cl)cc1Cl. The fourth-order valence-corrected chi connectivity index (χ4v) is 2.98. The summed E-state index contributed by atoms with van der Waals surface area (Å²) >= 11 is 24.0. The summed E-state index contributed by atoms with van der Waals surface area (Å²) in [7, 11) is 0. The lowest BCUT2D eigenvalue weighted by atomic mass is 10.2. The third-order valence-electron chi connectivity index (χ3n) is 3.40. The molecule has 0 atom stereocenters.